The maximum atomic E-state index is 13.8. The lowest BCUT2D eigenvalue weighted by molar-refractivity contribution is -0.147. The molecule has 0 radical (unpaired) electrons. The molecular formula is C31H41N3O7. The Bertz CT molecular complexity index is 1360. The lowest BCUT2D eigenvalue weighted by atomic mass is 9.59. The number of nitrogens with zero attached hydrogens (tertiary/aromatic N) is 2. The molecule has 0 saturated heterocycles. The highest BCUT2D eigenvalue weighted by Gasteiger charge is 2.60. The number of aliphatic hydroxyl groups is 3. The summed E-state index contributed by atoms with van der Waals surface area (Å²) in [5.74, 6) is -5.55. The van der Waals surface area contributed by atoms with Gasteiger partial charge in [-0.15, -0.1) is 0 Å². The highest BCUT2D eigenvalue weighted by atomic mass is 16.3. The number of nitrogens with two attached hydrogens (primary N) is 1. The molecule has 41 heavy (non-hydrogen) atoms. The number of amides is 1. The van der Waals surface area contributed by atoms with Crippen molar-refractivity contribution in [3.8, 4) is 5.75 Å². The van der Waals surface area contributed by atoms with Crippen molar-refractivity contribution >= 4 is 28.9 Å². The highest BCUT2D eigenvalue weighted by molar-refractivity contribution is 6.22. The second-order valence-corrected chi connectivity index (χ2v) is 12.6. The Hall–Kier alpha value is -3.37. The average molecular weight is 568 g/mol. The minimum absolute atomic E-state index is 0.113. The Morgan fingerprint density at radius 1 is 1.05 bits per heavy atom. The number of anilines is 1. The van der Waals surface area contributed by atoms with Gasteiger partial charge in [-0.2, -0.15) is 0 Å². The van der Waals surface area contributed by atoms with Crippen molar-refractivity contribution in [1.82, 2.24) is 4.90 Å². The van der Waals surface area contributed by atoms with Gasteiger partial charge in [-0.3, -0.25) is 14.4 Å². The normalized spacial score (nSPS) is 27.0. The van der Waals surface area contributed by atoms with Gasteiger partial charge in [0.2, 0.25) is 5.78 Å². The summed E-state index contributed by atoms with van der Waals surface area (Å²) in [6, 6.07) is 1.63. The number of phenolic OH excluding ortho intramolecular Hbond substituents is 1. The third-order valence-electron chi connectivity index (χ3n) is 9.55. The Kier molecular flexibility index (Phi) is 7.67. The highest BCUT2D eigenvalue weighted by Crippen LogP contribution is 2.53. The topological polar surface area (TPSA) is 165 Å². The number of ketones is 2. The zero-order valence-electron chi connectivity index (χ0n) is 24.1. The van der Waals surface area contributed by atoms with Crippen LogP contribution in [0, 0.1) is 17.8 Å². The van der Waals surface area contributed by atoms with Crippen LogP contribution in [0.25, 0.3) is 5.76 Å². The van der Waals surface area contributed by atoms with Gasteiger partial charge in [0.1, 0.15) is 22.8 Å². The number of aliphatic hydroxyl groups excluding tert-OH is 2. The lowest BCUT2D eigenvalue weighted by Crippen LogP contribution is -2.58. The van der Waals surface area contributed by atoms with Crippen molar-refractivity contribution in [1.29, 1.82) is 0 Å². The first-order valence-corrected chi connectivity index (χ1v) is 14.6. The fourth-order valence-corrected chi connectivity index (χ4v) is 7.77. The molecule has 0 bridgehead atoms. The quantitative estimate of drug-likeness (QED) is 0.257. The molecule has 1 aromatic carbocycles. The van der Waals surface area contributed by atoms with Crippen LogP contribution in [0.5, 0.6) is 5.75 Å². The number of carbonyl (C=O) groups excluding carboxylic acids is 3. The van der Waals surface area contributed by atoms with Crippen LogP contribution >= 0.6 is 0 Å². The molecule has 0 spiro atoms. The molecule has 0 aromatic heterocycles. The number of Topliss-reactive ketones (excluding diaryl/α,β-unsaturated/α-hetero) is 2. The predicted octanol–water partition coefficient (Wildman–Crippen LogP) is 2.89. The zero-order valence-corrected chi connectivity index (χ0v) is 24.1. The number of fused-ring (bicyclic) bond motifs is 3. The van der Waals surface area contributed by atoms with Gasteiger partial charge >= 0.3 is 0 Å². The van der Waals surface area contributed by atoms with Crippen LogP contribution in [0.15, 0.2) is 23.0 Å². The monoisotopic (exact) mass is 567 g/mol. The molecule has 222 valence electrons. The third kappa shape index (κ3) is 4.80. The summed E-state index contributed by atoms with van der Waals surface area (Å²) in [6.07, 6.45) is 7.61. The van der Waals surface area contributed by atoms with Crippen molar-refractivity contribution in [2.24, 2.45) is 23.5 Å². The number of hydrogen-bond donors (Lipinski definition) is 5. The molecule has 1 aromatic rings. The molecule has 3 atom stereocenters. The van der Waals surface area contributed by atoms with E-state index in [1.54, 1.807) is 6.07 Å². The standard InChI is InChI=1S/C31H41N3O7/c1-33(2)26-18(15-34(3)14-16-8-6-4-5-7-9-16)12-21(35)24-20(26)11-17-10-19-13-22(36)25(30(32)40)29(39)31(19,41)28(38)23(17)27(24)37/h12,16-17,19,35,37,39,41H,4-11,13-15H2,1-3H3,(H2,32,40)/t17?,19-,31-/m0/s1. The van der Waals surface area contributed by atoms with Gasteiger partial charge in [-0.1, -0.05) is 25.7 Å². The molecule has 1 amide bonds. The SMILES string of the molecule is CN(Cc1cc(O)c2c(c1N(C)C)CC1C[C@H]3CC(=O)C(C(N)=O)=C(O)[C@@]3(O)C(=O)C1=C2O)CC1CCCCCC1. The third-order valence-corrected chi connectivity index (χ3v) is 9.55. The maximum Gasteiger partial charge on any atom is 0.255 e. The molecule has 4 aliphatic rings. The molecular weight excluding hydrogens is 526 g/mol. The summed E-state index contributed by atoms with van der Waals surface area (Å²) in [5, 5.41) is 44.8. The predicted molar refractivity (Wildman–Crippen MR) is 153 cm³/mol. The van der Waals surface area contributed by atoms with Gasteiger partial charge in [-0.05, 0) is 61.8 Å². The maximum absolute atomic E-state index is 13.8. The van der Waals surface area contributed by atoms with Crippen molar-refractivity contribution in [3.05, 3.63) is 39.7 Å². The van der Waals surface area contributed by atoms with Crippen LogP contribution < -0.4 is 10.6 Å². The number of carbonyl (C=O) groups is 3. The summed E-state index contributed by atoms with van der Waals surface area (Å²) in [4.78, 5) is 42.4. The van der Waals surface area contributed by atoms with Crippen LogP contribution in [-0.4, -0.2) is 76.1 Å². The minimum Gasteiger partial charge on any atom is -0.508 e. The molecule has 0 aliphatic heterocycles. The fourth-order valence-electron chi connectivity index (χ4n) is 7.77. The molecule has 0 heterocycles. The van der Waals surface area contributed by atoms with E-state index in [0.29, 0.717) is 18.0 Å². The lowest BCUT2D eigenvalue weighted by Gasteiger charge is -2.46. The van der Waals surface area contributed by atoms with Crippen molar-refractivity contribution < 1.29 is 34.8 Å². The molecule has 4 aliphatic carbocycles. The number of hydrogen-bond acceptors (Lipinski definition) is 9. The van der Waals surface area contributed by atoms with E-state index in [4.69, 9.17) is 5.73 Å². The number of rotatable bonds is 6. The minimum atomic E-state index is -2.56. The van der Waals surface area contributed by atoms with Gasteiger partial charge in [0.15, 0.2) is 11.4 Å². The van der Waals surface area contributed by atoms with E-state index in [-0.39, 0.29) is 36.1 Å². The van der Waals surface area contributed by atoms with Crippen LogP contribution in [-0.2, 0) is 27.3 Å². The molecule has 6 N–H and O–H groups in total. The van der Waals surface area contributed by atoms with E-state index in [1.807, 2.05) is 19.0 Å². The van der Waals surface area contributed by atoms with E-state index < -0.39 is 52.0 Å². The summed E-state index contributed by atoms with van der Waals surface area (Å²) < 4.78 is 0. The van der Waals surface area contributed by atoms with Gasteiger partial charge in [-0.25, -0.2) is 0 Å². The average Bonchev–Trinajstić information content (AvgIpc) is 3.14. The van der Waals surface area contributed by atoms with E-state index in [1.165, 1.54) is 38.5 Å². The van der Waals surface area contributed by atoms with E-state index in [2.05, 4.69) is 11.9 Å². The molecule has 10 nitrogen and oxygen atoms in total. The summed E-state index contributed by atoms with van der Waals surface area (Å²) in [7, 11) is 5.88. The number of primary amides is 1. The van der Waals surface area contributed by atoms with Gasteiger partial charge in [0.05, 0.1) is 5.56 Å². The number of phenols is 1. The molecule has 1 unspecified atom stereocenters. The summed E-state index contributed by atoms with van der Waals surface area (Å²) in [5.41, 5.74) is 4.35. The molecule has 2 fully saturated rings. The zero-order chi connectivity index (χ0) is 29.8. The fraction of sp³-hybridized carbons (Fsp3) is 0.581. The second kappa shape index (κ2) is 10.8. The smallest absolute Gasteiger partial charge is 0.255 e. The first-order valence-electron chi connectivity index (χ1n) is 14.6. The Morgan fingerprint density at radius 3 is 2.32 bits per heavy atom. The van der Waals surface area contributed by atoms with Gasteiger partial charge in [0.25, 0.3) is 5.91 Å². The van der Waals surface area contributed by atoms with Crippen molar-refractivity contribution in [2.45, 2.75) is 69.9 Å². The van der Waals surface area contributed by atoms with E-state index >= 15 is 0 Å². The Morgan fingerprint density at radius 2 is 1.71 bits per heavy atom. The number of benzene rings is 1. The van der Waals surface area contributed by atoms with Crippen LogP contribution in [0.4, 0.5) is 5.69 Å². The van der Waals surface area contributed by atoms with Crippen LogP contribution in [0.1, 0.15) is 68.1 Å². The van der Waals surface area contributed by atoms with Crippen LogP contribution in [0.2, 0.25) is 0 Å². The Balaban J connectivity index is 1.54. The van der Waals surface area contributed by atoms with Gasteiger partial charge in [0, 0.05) is 50.8 Å². The molecule has 10 heteroatoms. The summed E-state index contributed by atoms with van der Waals surface area (Å²) >= 11 is 0. The second-order valence-electron chi connectivity index (χ2n) is 12.6. The first kappa shape index (κ1) is 29.1. The molecule has 2 saturated carbocycles. The van der Waals surface area contributed by atoms with Crippen molar-refractivity contribution in [3.63, 3.8) is 0 Å². The van der Waals surface area contributed by atoms with Crippen LogP contribution in [0.3, 0.4) is 0 Å². The first-order chi connectivity index (χ1) is 19.4. The molecule has 5 rings (SSSR count). The van der Waals surface area contributed by atoms with E-state index in [0.717, 1.165) is 17.8 Å². The summed E-state index contributed by atoms with van der Waals surface area (Å²) in [6.45, 7) is 1.55. The van der Waals surface area contributed by atoms with E-state index in [9.17, 15) is 34.8 Å². The largest absolute Gasteiger partial charge is 0.508 e. The number of aromatic hydroxyl groups is 1. The Labute approximate surface area is 240 Å². The van der Waals surface area contributed by atoms with Gasteiger partial charge < -0.3 is 36.0 Å². The van der Waals surface area contributed by atoms with Crippen molar-refractivity contribution in [2.75, 3.05) is 32.6 Å².